The van der Waals surface area contributed by atoms with Crippen molar-refractivity contribution in [3.05, 3.63) is 78.4 Å². The number of thiol groups is 1. The minimum absolute atomic E-state index is 0.0444. The number of hydrogen-bond acceptors (Lipinski definition) is 5. The minimum Gasteiger partial charge on any atom is -0.334 e. The summed E-state index contributed by atoms with van der Waals surface area (Å²) < 4.78 is 27.1. The zero-order chi connectivity index (χ0) is 20.4. The predicted molar refractivity (Wildman–Crippen MR) is 118 cm³/mol. The zero-order valence-corrected chi connectivity index (χ0v) is 17.4. The molecule has 1 heterocycles. The van der Waals surface area contributed by atoms with Crippen LogP contribution < -0.4 is 10.6 Å². The van der Waals surface area contributed by atoms with Crippen molar-refractivity contribution in [2.75, 3.05) is 6.54 Å². The van der Waals surface area contributed by atoms with E-state index in [1.54, 1.807) is 42.5 Å². The summed E-state index contributed by atoms with van der Waals surface area (Å²) in [6.45, 7) is 0.596. The summed E-state index contributed by atoms with van der Waals surface area (Å²) in [6.07, 6.45) is 0.551. The van der Waals surface area contributed by atoms with E-state index in [4.69, 9.17) is 0 Å². The summed E-state index contributed by atoms with van der Waals surface area (Å²) in [5.74, 6) is -0.413. The molecule has 5 nitrogen and oxygen atoms in total. The van der Waals surface area contributed by atoms with Gasteiger partial charge < -0.3 is 10.6 Å². The van der Waals surface area contributed by atoms with E-state index in [0.29, 0.717) is 18.5 Å². The molecule has 0 bridgehead atoms. The Balaban J connectivity index is 1.71. The first-order valence-electron chi connectivity index (χ1n) is 9.45. The van der Waals surface area contributed by atoms with E-state index in [9.17, 15) is 13.2 Å². The fraction of sp³-hybridized carbons (Fsp3) is 0.227. The molecule has 0 aromatic heterocycles. The van der Waals surface area contributed by atoms with Gasteiger partial charge in [-0.25, -0.2) is 8.42 Å². The summed E-state index contributed by atoms with van der Waals surface area (Å²) in [5.41, 5.74) is 0.423. The van der Waals surface area contributed by atoms with Gasteiger partial charge in [0, 0.05) is 23.4 Å². The molecule has 0 saturated carbocycles. The summed E-state index contributed by atoms with van der Waals surface area (Å²) >= 11 is 4.47. The van der Waals surface area contributed by atoms with Gasteiger partial charge in [-0.15, -0.1) is 0 Å². The van der Waals surface area contributed by atoms with Crippen LogP contribution in [-0.4, -0.2) is 37.5 Å². The fourth-order valence-electron chi connectivity index (χ4n) is 3.67. The van der Waals surface area contributed by atoms with Crippen molar-refractivity contribution in [2.45, 2.75) is 28.0 Å². The Morgan fingerprint density at radius 1 is 1.00 bits per heavy atom. The van der Waals surface area contributed by atoms with Gasteiger partial charge in [-0.3, -0.25) is 4.79 Å². The summed E-state index contributed by atoms with van der Waals surface area (Å²) in [4.78, 5) is 13.0. The van der Waals surface area contributed by atoms with E-state index in [1.807, 2.05) is 30.3 Å². The highest BCUT2D eigenvalue weighted by Gasteiger charge is 2.39. The van der Waals surface area contributed by atoms with Gasteiger partial charge in [-0.05, 0) is 41.5 Å². The standard InChI is InChI=1S/C22H22N2O3S2/c25-21(16-7-2-1-3-8-16)24-22(20-13-18(28)14-23-20)29(26,27)19-11-10-15-6-4-5-9-17(15)12-19/h1-12,18,20,22-23,28H,13-14H2,(H,24,25)/t18-,20+,22?/m1/s1. The number of carbonyl (C=O) groups is 1. The van der Waals surface area contributed by atoms with Gasteiger partial charge in [-0.1, -0.05) is 48.5 Å². The molecule has 7 heteroatoms. The van der Waals surface area contributed by atoms with Crippen LogP contribution >= 0.6 is 12.6 Å². The molecule has 1 aliphatic rings. The first-order chi connectivity index (χ1) is 13.9. The molecule has 0 aliphatic carbocycles. The molecule has 29 heavy (non-hydrogen) atoms. The lowest BCUT2D eigenvalue weighted by Gasteiger charge is -2.25. The number of rotatable bonds is 5. The van der Waals surface area contributed by atoms with E-state index in [-0.39, 0.29) is 10.1 Å². The fourth-order valence-corrected chi connectivity index (χ4v) is 5.74. The Morgan fingerprint density at radius 2 is 1.69 bits per heavy atom. The van der Waals surface area contributed by atoms with Crippen LogP contribution in [0.15, 0.2) is 77.7 Å². The molecule has 0 spiro atoms. The second-order valence-electron chi connectivity index (χ2n) is 7.22. The van der Waals surface area contributed by atoms with Crippen LogP contribution in [0.1, 0.15) is 16.8 Å². The number of sulfone groups is 1. The van der Waals surface area contributed by atoms with E-state index < -0.39 is 27.2 Å². The van der Waals surface area contributed by atoms with Gasteiger partial charge in [0.05, 0.1) is 4.90 Å². The third kappa shape index (κ3) is 4.17. The highest BCUT2D eigenvalue weighted by molar-refractivity contribution is 7.92. The monoisotopic (exact) mass is 426 g/mol. The summed E-state index contributed by atoms with van der Waals surface area (Å²) in [6, 6.07) is 20.9. The Labute approximate surface area is 175 Å². The van der Waals surface area contributed by atoms with Crippen molar-refractivity contribution in [3.63, 3.8) is 0 Å². The largest absolute Gasteiger partial charge is 0.334 e. The lowest BCUT2D eigenvalue weighted by Crippen LogP contribution is -2.52. The number of fused-ring (bicyclic) bond motifs is 1. The molecule has 1 saturated heterocycles. The molecule has 1 aliphatic heterocycles. The quantitative estimate of drug-likeness (QED) is 0.548. The molecular formula is C22H22N2O3S2. The van der Waals surface area contributed by atoms with Gasteiger partial charge in [0.25, 0.3) is 5.91 Å². The van der Waals surface area contributed by atoms with Crippen LogP contribution in [0.3, 0.4) is 0 Å². The Hall–Kier alpha value is -2.35. The smallest absolute Gasteiger partial charge is 0.252 e. The Morgan fingerprint density at radius 3 is 2.38 bits per heavy atom. The second-order valence-corrected chi connectivity index (χ2v) is 10.0. The number of benzene rings is 3. The van der Waals surface area contributed by atoms with Crippen molar-refractivity contribution in [3.8, 4) is 0 Å². The van der Waals surface area contributed by atoms with Crippen molar-refractivity contribution in [1.82, 2.24) is 10.6 Å². The average molecular weight is 427 g/mol. The van der Waals surface area contributed by atoms with E-state index in [1.165, 1.54) is 0 Å². The SMILES string of the molecule is O=C(NC([C@@H]1C[C@@H](S)CN1)S(=O)(=O)c1ccc2ccccc2c1)c1ccccc1. The van der Waals surface area contributed by atoms with E-state index >= 15 is 0 Å². The Kier molecular flexibility index (Phi) is 5.63. The van der Waals surface area contributed by atoms with Gasteiger partial charge >= 0.3 is 0 Å². The maximum Gasteiger partial charge on any atom is 0.252 e. The van der Waals surface area contributed by atoms with Crippen LogP contribution in [0.5, 0.6) is 0 Å². The first kappa shape index (κ1) is 19.9. The Bertz CT molecular complexity index is 1130. The molecule has 0 radical (unpaired) electrons. The molecule has 1 amide bonds. The third-order valence-electron chi connectivity index (χ3n) is 5.20. The highest BCUT2D eigenvalue weighted by atomic mass is 32.2. The zero-order valence-electron chi connectivity index (χ0n) is 15.7. The third-order valence-corrected chi connectivity index (χ3v) is 7.62. The summed E-state index contributed by atoms with van der Waals surface area (Å²) in [5, 5.41) is 6.72. The highest BCUT2D eigenvalue weighted by Crippen LogP contribution is 2.26. The topological polar surface area (TPSA) is 75.3 Å². The minimum atomic E-state index is -3.83. The lowest BCUT2D eigenvalue weighted by atomic mass is 10.1. The molecule has 3 atom stereocenters. The lowest BCUT2D eigenvalue weighted by molar-refractivity contribution is 0.0943. The molecule has 2 N–H and O–H groups in total. The van der Waals surface area contributed by atoms with Gasteiger partial charge in [0.1, 0.15) is 0 Å². The van der Waals surface area contributed by atoms with Crippen LogP contribution in [-0.2, 0) is 9.84 Å². The average Bonchev–Trinajstić information content (AvgIpc) is 3.17. The molecule has 4 rings (SSSR count). The van der Waals surface area contributed by atoms with Crippen LogP contribution in [0.4, 0.5) is 0 Å². The summed E-state index contributed by atoms with van der Waals surface area (Å²) in [7, 11) is -3.83. The van der Waals surface area contributed by atoms with Gasteiger partial charge in [0.15, 0.2) is 5.37 Å². The molecular weight excluding hydrogens is 404 g/mol. The molecule has 1 unspecified atom stereocenters. The number of amides is 1. The number of carbonyl (C=O) groups excluding carboxylic acids is 1. The van der Waals surface area contributed by atoms with E-state index in [0.717, 1.165) is 10.8 Å². The normalized spacial score (nSPS) is 20.4. The molecule has 1 fully saturated rings. The second kappa shape index (κ2) is 8.18. The number of nitrogens with one attached hydrogen (secondary N) is 2. The maximum absolute atomic E-state index is 13.6. The van der Waals surface area contributed by atoms with E-state index in [2.05, 4.69) is 23.3 Å². The number of hydrogen-bond donors (Lipinski definition) is 3. The van der Waals surface area contributed by atoms with Crippen molar-refractivity contribution in [1.29, 1.82) is 0 Å². The maximum atomic E-state index is 13.6. The van der Waals surface area contributed by atoms with Crippen LogP contribution in [0.2, 0.25) is 0 Å². The van der Waals surface area contributed by atoms with Crippen molar-refractivity contribution in [2.24, 2.45) is 0 Å². The van der Waals surface area contributed by atoms with Crippen molar-refractivity contribution >= 4 is 39.1 Å². The van der Waals surface area contributed by atoms with Gasteiger partial charge in [-0.2, -0.15) is 12.6 Å². The van der Waals surface area contributed by atoms with Crippen LogP contribution in [0.25, 0.3) is 10.8 Å². The van der Waals surface area contributed by atoms with Crippen molar-refractivity contribution < 1.29 is 13.2 Å². The first-order valence-corrected chi connectivity index (χ1v) is 11.5. The van der Waals surface area contributed by atoms with Crippen LogP contribution in [0, 0.1) is 0 Å². The molecule has 150 valence electrons. The van der Waals surface area contributed by atoms with Gasteiger partial charge in [0.2, 0.25) is 9.84 Å². The predicted octanol–water partition coefficient (Wildman–Crippen LogP) is 3.03. The molecule has 3 aromatic rings. The molecule has 3 aromatic carbocycles.